The van der Waals surface area contributed by atoms with E-state index < -0.39 is 0 Å². The van der Waals surface area contributed by atoms with E-state index in [9.17, 15) is 0 Å². The second kappa shape index (κ2) is 8.43. The first kappa shape index (κ1) is 19.0. The van der Waals surface area contributed by atoms with Crippen molar-refractivity contribution in [2.45, 2.75) is 25.4 Å². The van der Waals surface area contributed by atoms with Gasteiger partial charge in [0.15, 0.2) is 0 Å². The molecule has 2 nitrogen and oxygen atoms in total. The van der Waals surface area contributed by atoms with Gasteiger partial charge < -0.3 is 0 Å². The zero-order valence-corrected chi connectivity index (χ0v) is 18.3. The normalized spacial score (nSPS) is 18.1. The molecule has 1 aliphatic carbocycles. The molecule has 29 heavy (non-hydrogen) atoms. The van der Waals surface area contributed by atoms with Crippen LogP contribution in [0, 0.1) is 0 Å². The Labute approximate surface area is 182 Å². The van der Waals surface area contributed by atoms with Crippen LogP contribution < -0.4 is 0 Å². The minimum atomic E-state index is 0.389. The summed E-state index contributed by atoms with van der Waals surface area (Å²) in [5.41, 5.74) is 7.46. The van der Waals surface area contributed by atoms with Crippen LogP contribution in [-0.4, -0.2) is 36.0 Å². The number of piperazine rings is 1. The van der Waals surface area contributed by atoms with Gasteiger partial charge in [0.05, 0.1) is 6.04 Å². The number of benzene rings is 3. The van der Waals surface area contributed by atoms with E-state index >= 15 is 0 Å². The highest BCUT2D eigenvalue weighted by molar-refractivity contribution is 9.10. The molecule has 0 spiro atoms. The van der Waals surface area contributed by atoms with Gasteiger partial charge in [0.2, 0.25) is 0 Å². The fraction of sp³-hybridized carbons (Fsp3) is 0.308. The maximum Gasteiger partial charge on any atom is 0.0608 e. The van der Waals surface area contributed by atoms with E-state index in [1.807, 2.05) is 0 Å². The number of nitrogens with zero attached hydrogens (tertiary/aromatic N) is 2. The van der Waals surface area contributed by atoms with Gasteiger partial charge in [-0.25, -0.2) is 0 Å². The van der Waals surface area contributed by atoms with Crippen molar-refractivity contribution in [1.82, 2.24) is 9.80 Å². The van der Waals surface area contributed by atoms with Gasteiger partial charge in [-0.05, 0) is 52.8 Å². The smallest absolute Gasteiger partial charge is 0.0608 e. The molecule has 0 amide bonds. The number of fused-ring (bicyclic) bond motifs is 2. The summed E-state index contributed by atoms with van der Waals surface area (Å²) in [5.74, 6) is 0. The van der Waals surface area contributed by atoms with Crippen molar-refractivity contribution < 1.29 is 0 Å². The van der Waals surface area contributed by atoms with E-state index in [0.29, 0.717) is 6.04 Å². The molecule has 0 aromatic heterocycles. The predicted octanol–water partition coefficient (Wildman–Crippen LogP) is 5.45. The Morgan fingerprint density at radius 1 is 0.690 bits per heavy atom. The summed E-state index contributed by atoms with van der Waals surface area (Å²) in [6.07, 6.45) is 2.29. The van der Waals surface area contributed by atoms with E-state index in [4.69, 9.17) is 0 Å². The summed E-state index contributed by atoms with van der Waals surface area (Å²) < 4.78 is 1.15. The topological polar surface area (TPSA) is 6.48 Å². The Morgan fingerprint density at radius 2 is 1.24 bits per heavy atom. The van der Waals surface area contributed by atoms with Crippen LogP contribution in [0.15, 0.2) is 77.3 Å². The van der Waals surface area contributed by atoms with Crippen LogP contribution in [0.2, 0.25) is 0 Å². The molecule has 0 atom stereocenters. The molecule has 1 saturated heterocycles. The van der Waals surface area contributed by atoms with Gasteiger partial charge >= 0.3 is 0 Å². The van der Waals surface area contributed by atoms with E-state index in [2.05, 4.69) is 98.5 Å². The largest absolute Gasteiger partial charge is 0.297 e. The van der Waals surface area contributed by atoms with Gasteiger partial charge in [-0.15, -0.1) is 0 Å². The second-order valence-electron chi connectivity index (χ2n) is 8.24. The van der Waals surface area contributed by atoms with Gasteiger partial charge in [0.25, 0.3) is 0 Å². The molecule has 2 aliphatic rings. The number of rotatable bonds is 3. The summed E-state index contributed by atoms with van der Waals surface area (Å²) >= 11 is 3.54. The lowest BCUT2D eigenvalue weighted by molar-refractivity contribution is 0.104. The van der Waals surface area contributed by atoms with Crippen LogP contribution in [0.5, 0.6) is 0 Å². The van der Waals surface area contributed by atoms with Crippen molar-refractivity contribution in [2.75, 3.05) is 26.2 Å². The zero-order chi connectivity index (χ0) is 19.6. The molecule has 3 aromatic rings. The van der Waals surface area contributed by atoms with Crippen molar-refractivity contribution in [1.29, 1.82) is 0 Å². The lowest BCUT2D eigenvalue weighted by Crippen LogP contribution is -2.47. The Bertz CT molecular complexity index is 927. The van der Waals surface area contributed by atoms with Crippen molar-refractivity contribution in [2.24, 2.45) is 0 Å². The molecule has 3 aromatic carbocycles. The Balaban J connectivity index is 1.37. The third kappa shape index (κ3) is 4.05. The monoisotopic (exact) mass is 446 g/mol. The second-order valence-corrected chi connectivity index (χ2v) is 9.15. The Hall–Kier alpha value is -1.94. The molecule has 5 rings (SSSR count). The highest BCUT2D eigenvalue weighted by atomic mass is 79.9. The highest BCUT2D eigenvalue weighted by Gasteiger charge is 2.30. The molecule has 0 bridgehead atoms. The molecule has 0 unspecified atom stereocenters. The molecule has 0 saturated carbocycles. The standard InChI is InChI=1S/C26H27BrN2/c27-23-13-9-20(10-14-23)19-28-15-17-29(18-16-28)26-24-7-3-1-5-21(24)11-12-22-6-2-4-8-25(22)26/h1-10,13-14,26H,11-12,15-19H2. The van der Waals surface area contributed by atoms with Crippen molar-refractivity contribution in [3.63, 3.8) is 0 Å². The van der Waals surface area contributed by atoms with Crippen LogP contribution in [0.25, 0.3) is 0 Å². The van der Waals surface area contributed by atoms with Gasteiger partial charge in [-0.3, -0.25) is 9.80 Å². The first-order chi connectivity index (χ1) is 14.3. The quantitative estimate of drug-likeness (QED) is 0.527. The van der Waals surface area contributed by atoms with E-state index in [0.717, 1.165) is 50.0 Å². The summed E-state index contributed by atoms with van der Waals surface area (Å²) in [6, 6.07) is 27.3. The van der Waals surface area contributed by atoms with Crippen LogP contribution >= 0.6 is 15.9 Å². The van der Waals surface area contributed by atoms with Gasteiger partial charge in [-0.1, -0.05) is 76.6 Å². The highest BCUT2D eigenvalue weighted by Crippen LogP contribution is 2.37. The van der Waals surface area contributed by atoms with E-state index in [-0.39, 0.29) is 0 Å². The third-order valence-corrected chi connectivity index (χ3v) is 6.98. The lowest BCUT2D eigenvalue weighted by atomic mass is 9.92. The minimum Gasteiger partial charge on any atom is -0.297 e. The first-order valence-corrected chi connectivity index (χ1v) is 11.4. The Morgan fingerprint density at radius 3 is 1.83 bits per heavy atom. The molecule has 1 heterocycles. The minimum absolute atomic E-state index is 0.389. The fourth-order valence-corrected chi connectivity index (χ4v) is 5.18. The van der Waals surface area contributed by atoms with Crippen molar-refractivity contribution in [3.05, 3.63) is 105 Å². The number of hydrogen-bond acceptors (Lipinski definition) is 2. The predicted molar refractivity (Wildman–Crippen MR) is 123 cm³/mol. The molecular formula is C26H27BrN2. The van der Waals surface area contributed by atoms with Crippen LogP contribution in [0.3, 0.4) is 0 Å². The summed E-state index contributed by atoms with van der Waals surface area (Å²) in [6.45, 7) is 5.51. The lowest BCUT2D eigenvalue weighted by Gasteiger charge is -2.40. The van der Waals surface area contributed by atoms with E-state index in [1.165, 1.54) is 27.8 Å². The average molecular weight is 447 g/mol. The molecular weight excluding hydrogens is 420 g/mol. The van der Waals surface area contributed by atoms with Crippen LogP contribution in [0.1, 0.15) is 33.9 Å². The van der Waals surface area contributed by atoms with Crippen LogP contribution in [0.4, 0.5) is 0 Å². The van der Waals surface area contributed by atoms with Gasteiger partial charge in [-0.2, -0.15) is 0 Å². The first-order valence-electron chi connectivity index (χ1n) is 10.6. The van der Waals surface area contributed by atoms with Crippen molar-refractivity contribution >= 4 is 15.9 Å². The molecule has 0 N–H and O–H groups in total. The summed E-state index contributed by atoms with van der Waals surface area (Å²) in [7, 11) is 0. The number of hydrogen-bond donors (Lipinski definition) is 0. The fourth-order valence-electron chi connectivity index (χ4n) is 4.92. The maximum absolute atomic E-state index is 3.54. The maximum atomic E-state index is 3.54. The summed E-state index contributed by atoms with van der Waals surface area (Å²) in [5, 5.41) is 0. The third-order valence-electron chi connectivity index (χ3n) is 6.45. The molecule has 0 radical (unpaired) electrons. The number of halogens is 1. The average Bonchev–Trinajstić information content (AvgIpc) is 2.93. The Kier molecular flexibility index (Phi) is 5.54. The molecule has 148 valence electrons. The molecule has 1 fully saturated rings. The van der Waals surface area contributed by atoms with E-state index in [1.54, 1.807) is 0 Å². The summed E-state index contributed by atoms with van der Waals surface area (Å²) in [4.78, 5) is 5.30. The number of aryl methyl sites for hydroxylation is 2. The molecule has 3 heteroatoms. The van der Waals surface area contributed by atoms with Crippen LogP contribution in [-0.2, 0) is 19.4 Å². The van der Waals surface area contributed by atoms with Gasteiger partial charge in [0.1, 0.15) is 0 Å². The zero-order valence-electron chi connectivity index (χ0n) is 16.7. The SMILES string of the molecule is Brc1ccc(CN2CCN(C3c4ccccc4CCc4ccccc43)CC2)cc1. The van der Waals surface area contributed by atoms with Crippen molar-refractivity contribution in [3.8, 4) is 0 Å². The van der Waals surface area contributed by atoms with Gasteiger partial charge in [0, 0.05) is 37.2 Å². The molecule has 1 aliphatic heterocycles.